The van der Waals surface area contributed by atoms with Crippen LogP contribution in [0.25, 0.3) is 0 Å². The number of carbonyl (C=O) groups is 2. The summed E-state index contributed by atoms with van der Waals surface area (Å²) in [6, 6.07) is 0. The van der Waals surface area contributed by atoms with Gasteiger partial charge in [-0.2, -0.15) is 25.3 Å². The molecule has 0 heterocycles. The summed E-state index contributed by atoms with van der Waals surface area (Å²) in [7, 11) is 0. The van der Waals surface area contributed by atoms with Gasteiger partial charge in [0.05, 0.1) is 0 Å². The van der Waals surface area contributed by atoms with Crippen LogP contribution in [0.4, 0.5) is 0 Å². The second kappa shape index (κ2) is 25.9. The molecule has 0 N–H and O–H groups in total. The Morgan fingerprint density at radius 2 is 1.22 bits per heavy atom. The average Bonchev–Trinajstić information content (AvgIpc) is 2.64. The van der Waals surface area contributed by atoms with Crippen molar-refractivity contribution in [2.75, 3.05) is 11.5 Å². The first-order valence-corrected chi connectivity index (χ1v) is 14.7. The van der Waals surface area contributed by atoms with Gasteiger partial charge in [-0.25, -0.2) is 0 Å². The number of aliphatic carboxylic acids is 2. The second-order valence-corrected chi connectivity index (χ2v) is 10.9. The molecule has 0 bridgehead atoms. The molecule has 4 nitrogen and oxygen atoms in total. The monoisotopic (exact) mass is 524 g/mol. The van der Waals surface area contributed by atoms with Crippen molar-refractivity contribution in [2.45, 2.75) is 61.2 Å². The summed E-state index contributed by atoms with van der Waals surface area (Å²) < 4.78 is 3.25. The van der Waals surface area contributed by atoms with Crippen LogP contribution in [0.5, 0.6) is 0 Å². The van der Waals surface area contributed by atoms with E-state index in [-0.39, 0.29) is 21.1 Å². The van der Waals surface area contributed by atoms with Crippen LogP contribution >= 0.6 is 25.3 Å². The van der Waals surface area contributed by atoms with E-state index >= 15 is 0 Å². The molecular formula is C20H36O4S2Sn. The summed E-state index contributed by atoms with van der Waals surface area (Å²) in [5, 5.41) is 20.2. The molecule has 0 amide bonds. The van der Waals surface area contributed by atoms with E-state index < -0.39 is 23.8 Å². The van der Waals surface area contributed by atoms with Crippen LogP contribution in [0.2, 0.25) is 8.87 Å². The third-order valence-corrected chi connectivity index (χ3v) is 8.34. The van der Waals surface area contributed by atoms with Gasteiger partial charge in [-0.1, -0.05) is 12.2 Å². The van der Waals surface area contributed by atoms with Crippen molar-refractivity contribution < 1.29 is 19.8 Å². The van der Waals surface area contributed by atoms with E-state index in [1.807, 2.05) is 0 Å². The molecule has 2 atom stereocenters. The van der Waals surface area contributed by atoms with Gasteiger partial charge in [0.15, 0.2) is 0 Å². The fraction of sp³-hybridized carbons (Fsp3) is 0.700. The Hall–Kier alpha value is -0.0813. The fourth-order valence-corrected chi connectivity index (χ4v) is 6.38. The van der Waals surface area contributed by atoms with E-state index in [9.17, 15) is 19.8 Å². The molecule has 2 unspecified atom stereocenters. The van der Waals surface area contributed by atoms with E-state index in [0.29, 0.717) is 24.3 Å². The fourth-order valence-electron chi connectivity index (χ4n) is 1.62. The van der Waals surface area contributed by atoms with E-state index in [1.54, 1.807) is 21.0 Å². The Labute approximate surface area is 187 Å². The molecule has 0 spiro atoms. The Kier molecular flexibility index (Phi) is 30.3. The predicted molar refractivity (Wildman–Crippen MR) is 120 cm³/mol. The first kappa shape index (κ1) is 31.6. The van der Waals surface area contributed by atoms with E-state index in [4.69, 9.17) is 0 Å². The zero-order chi connectivity index (χ0) is 21.5. The number of carboxylic acids is 2. The van der Waals surface area contributed by atoms with Crippen molar-refractivity contribution in [3.63, 3.8) is 0 Å². The summed E-state index contributed by atoms with van der Waals surface area (Å²) in [5.41, 5.74) is 0. The van der Waals surface area contributed by atoms with Crippen LogP contribution in [0.15, 0.2) is 25.3 Å². The van der Waals surface area contributed by atoms with Crippen LogP contribution in [-0.2, 0) is 9.59 Å². The molecule has 0 rings (SSSR count). The molecule has 0 aromatic rings. The SMILES string of the molecule is C=CCC(CS)C(=O)[O-].C=CCC(CS)C(=O)[O-].CCC[CH2][Sn+2][CH2]CCC. The molecular weight excluding hydrogens is 487 g/mol. The van der Waals surface area contributed by atoms with Crippen LogP contribution in [-0.4, -0.2) is 44.6 Å². The molecule has 0 saturated carbocycles. The van der Waals surface area contributed by atoms with E-state index in [1.165, 1.54) is 25.7 Å². The van der Waals surface area contributed by atoms with Crippen molar-refractivity contribution in [2.24, 2.45) is 11.8 Å². The molecule has 0 aromatic carbocycles. The molecule has 0 aliphatic rings. The number of rotatable bonds is 14. The van der Waals surface area contributed by atoms with E-state index in [0.717, 1.165) is 0 Å². The summed E-state index contributed by atoms with van der Waals surface area (Å²) in [4.78, 5) is 20.2. The Morgan fingerprint density at radius 1 is 0.889 bits per heavy atom. The zero-order valence-electron chi connectivity index (χ0n) is 16.8. The number of allylic oxidation sites excluding steroid dienone is 2. The third kappa shape index (κ3) is 25.9. The zero-order valence-corrected chi connectivity index (χ0v) is 21.5. The topological polar surface area (TPSA) is 80.3 Å². The number of hydrogen-bond acceptors (Lipinski definition) is 6. The summed E-state index contributed by atoms with van der Waals surface area (Å²) in [6.45, 7) is 11.4. The minimum absolute atomic E-state index is 0.149. The van der Waals surface area contributed by atoms with Gasteiger partial charge in [-0.15, -0.1) is 13.2 Å². The molecule has 0 saturated heterocycles. The standard InChI is InChI=1S/2C6H10O2S.2C4H9.Sn/c2*1-2-3-5(4-9)6(7)8;2*1-3-4-2;/h2*2,5,9H,1,3-4H2,(H,7,8);2*1,3-4H2,2H3;/q;;;;+2/p-2. The Bertz CT molecular complexity index is 345. The van der Waals surface area contributed by atoms with Gasteiger partial charge in [0.1, 0.15) is 0 Å². The van der Waals surface area contributed by atoms with Crippen molar-refractivity contribution in [1.82, 2.24) is 0 Å². The van der Waals surface area contributed by atoms with Gasteiger partial charge in [0, 0.05) is 23.8 Å². The normalized spacial score (nSPS) is 11.4. The van der Waals surface area contributed by atoms with Gasteiger partial charge >= 0.3 is 69.5 Å². The van der Waals surface area contributed by atoms with E-state index in [2.05, 4.69) is 52.3 Å². The first-order valence-electron chi connectivity index (χ1n) is 9.41. The molecule has 0 fully saturated rings. The van der Waals surface area contributed by atoms with Crippen LogP contribution in [0.3, 0.4) is 0 Å². The summed E-state index contributed by atoms with van der Waals surface area (Å²) in [6.07, 6.45) is 9.82. The first-order chi connectivity index (χ1) is 12.9. The minimum atomic E-state index is -1.05. The van der Waals surface area contributed by atoms with Crippen molar-refractivity contribution in [3.8, 4) is 0 Å². The number of hydrogen-bond donors (Lipinski definition) is 2. The van der Waals surface area contributed by atoms with Gasteiger partial charge in [-0.05, 0) is 24.3 Å². The molecule has 7 heteroatoms. The van der Waals surface area contributed by atoms with Crippen molar-refractivity contribution in [3.05, 3.63) is 25.3 Å². The molecule has 156 valence electrons. The maximum absolute atomic E-state index is 10.1. The Balaban J connectivity index is -0.000000320. The second-order valence-electron chi connectivity index (χ2n) is 5.90. The maximum atomic E-state index is 10.1. The number of thiol groups is 2. The van der Waals surface area contributed by atoms with Crippen LogP contribution in [0, 0.1) is 11.8 Å². The average molecular weight is 523 g/mol. The van der Waals surface area contributed by atoms with Crippen LogP contribution < -0.4 is 10.2 Å². The third-order valence-electron chi connectivity index (χ3n) is 3.42. The van der Waals surface area contributed by atoms with Crippen molar-refractivity contribution in [1.29, 1.82) is 0 Å². The van der Waals surface area contributed by atoms with Crippen molar-refractivity contribution >= 4 is 58.3 Å². The molecule has 0 aliphatic heterocycles. The summed E-state index contributed by atoms with van der Waals surface area (Å²) >= 11 is 7.79. The predicted octanol–water partition coefficient (Wildman–Crippen LogP) is 2.84. The molecule has 0 aromatic heterocycles. The van der Waals surface area contributed by atoms with Gasteiger partial charge in [0.25, 0.3) is 0 Å². The quantitative estimate of drug-likeness (QED) is 0.159. The molecule has 0 aliphatic carbocycles. The van der Waals surface area contributed by atoms with Gasteiger partial charge < -0.3 is 19.8 Å². The number of carboxylic acid groups (broad SMARTS) is 2. The molecule has 27 heavy (non-hydrogen) atoms. The van der Waals surface area contributed by atoms with Gasteiger partial charge in [-0.3, -0.25) is 0 Å². The molecule has 0 radical (unpaired) electrons. The number of carbonyl (C=O) groups excluding carboxylic acids is 2. The van der Waals surface area contributed by atoms with Gasteiger partial charge in [0.2, 0.25) is 0 Å². The van der Waals surface area contributed by atoms with Crippen LogP contribution in [0.1, 0.15) is 52.4 Å². The number of unbranched alkanes of at least 4 members (excludes halogenated alkanes) is 2. The summed E-state index contributed by atoms with van der Waals surface area (Å²) in [5.74, 6) is -2.44. The Morgan fingerprint density at radius 3 is 1.37 bits per heavy atom.